The van der Waals surface area contributed by atoms with E-state index in [1.165, 1.54) is 34.1 Å². The number of thioether (sulfide) groups is 1. The number of halogens is 2. The quantitative estimate of drug-likeness (QED) is 0.139. The summed E-state index contributed by atoms with van der Waals surface area (Å²) in [5, 5.41) is 20.2. The molecular formula is C25H17BrClN3O4S2. The molecule has 36 heavy (non-hydrogen) atoms. The SMILES string of the molecule is Cc1ccc(C(=O)C2=C(O)C(=O)N(c3nnc(SCc4ccc(Cl)cc4)s3)C2c2ccc(Br)cc2)o1. The van der Waals surface area contributed by atoms with Crippen LogP contribution in [0.3, 0.4) is 0 Å². The van der Waals surface area contributed by atoms with Gasteiger partial charge in [0.2, 0.25) is 10.9 Å². The number of nitrogens with zero attached hydrogens (tertiary/aromatic N) is 3. The molecule has 0 bridgehead atoms. The van der Waals surface area contributed by atoms with Crippen molar-refractivity contribution in [2.24, 2.45) is 0 Å². The van der Waals surface area contributed by atoms with Gasteiger partial charge in [-0.15, -0.1) is 10.2 Å². The van der Waals surface area contributed by atoms with Gasteiger partial charge in [-0.2, -0.15) is 0 Å². The summed E-state index contributed by atoms with van der Waals surface area (Å²) in [5.74, 6) is -0.687. The van der Waals surface area contributed by atoms with Gasteiger partial charge in [0.25, 0.3) is 5.91 Å². The highest BCUT2D eigenvalue weighted by molar-refractivity contribution is 9.10. The van der Waals surface area contributed by atoms with E-state index >= 15 is 0 Å². The molecule has 4 aromatic rings. The van der Waals surface area contributed by atoms with Crippen LogP contribution in [0.1, 0.15) is 33.5 Å². The first-order valence-corrected chi connectivity index (χ1v) is 13.6. The van der Waals surface area contributed by atoms with Gasteiger partial charge in [0.1, 0.15) is 5.76 Å². The summed E-state index contributed by atoms with van der Waals surface area (Å²) in [7, 11) is 0. The Morgan fingerprint density at radius 3 is 2.53 bits per heavy atom. The highest BCUT2D eigenvalue weighted by Crippen LogP contribution is 2.44. The fourth-order valence-corrected chi connectivity index (χ4v) is 5.98. The molecule has 182 valence electrons. The highest BCUT2D eigenvalue weighted by Gasteiger charge is 2.46. The minimum Gasteiger partial charge on any atom is -0.503 e. The second kappa shape index (κ2) is 10.2. The molecule has 0 fully saturated rings. The largest absolute Gasteiger partial charge is 0.503 e. The molecule has 0 aliphatic carbocycles. The van der Waals surface area contributed by atoms with E-state index in [-0.39, 0.29) is 16.5 Å². The van der Waals surface area contributed by atoms with E-state index in [1.807, 2.05) is 24.3 Å². The van der Waals surface area contributed by atoms with Crippen molar-refractivity contribution in [1.82, 2.24) is 10.2 Å². The van der Waals surface area contributed by atoms with Crippen LogP contribution < -0.4 is 4.90 Å². The van der Waals surface area contributed by atoms with Crippen molar-refractivity contribution < 1.29 is 19.1 Å². The van der Waals surface area contributed by atoms with E-state index in [2.05, 4.69) is 26.1 Å². The molecule has 0 radical (unpaired) electrons. The van der Waals surface area contributed by atoms with Gasteiger partial charge in [0.15, 0.2) is 15.9 Å². The number of rotatable bonds is 7. The Balaban J connectivity index is 1.48. The second-order valence-electron chi connectivity index (χ2n) is 7.90. The molecule has 3 heterocycles. The number of carbonyl (C=O) groups excluding carboxylic acids is 2. The van der Waals surface area contributed by atoms with Crippen molar-refractivity contribution in [2.45, 2.75) is 23.1 Å². The number of amides is 1. The molecule has 1 aliphatic rings. The fraction of sp³-hybridized carbons (Fsp3) is 0.120. The average Bonchev–Trinajstić information content (AvgIpc) is 3.58. The standard InChI is InChI=1S/C25H17BrClN3O4S2/c1-13-2-11-18(34-13)21(31)19-20(15-5-7-16(26)8-6-15)30(23(33)22(19)32)24-28-29-25(36-24)35-12-14-3-9-17(27)10-4-14/h2-11,20,32H,12H2,1H3. The van der Waals surface area contributed by atoms with E-state index in [0.29, 0.717) is 26.4 Å². The van der Waals surface area contributed by atoms with E-state index in [0.717, 1.165) is 10.0 Å². The molecule has 2 aromatic heterocycles. The number of anilines is 1. The van der Waals surface area contributed by atoms with E-state index < -0.39 is 23.5 Å². The van der Waals surface area contributed by atoms with Crippen LogP contribution in [-0.4, -0.2) is 27.0 Å². The van der Waals surface area contributed by atoms with Crippen LogP contribution in [0.5, 0.6) is 0 Å². The Bertz CT molecular complexity index is 1480. The molecule has 7 nitrogen and oxygen atoms in total. The summed E-state index contributed by atoms with van der Waals surface area (Å²) < 4.78 is 6.98. The third-order valence-corrected chi connectivity index (χ3v) is 8.39. The number of aromatic nitrogens is 2. The smallest absolute Gasteiger partial charge is 0.296 e. The van der Waals surface area contributed by atoms with Crippen molar-refractivity contribution >= 4 is 67.5 Å². The minimum atomic E-state index is -0.898. The first-order chi connectivity index (χ1) is 17.3. The summed E-state index contributed by atoms with van der Waals surface area (Å²) in [5.41, 5.74) is 1.63. The number of carbonyl (C=O) groups is 2. The van der Waals surface area contributed by atoms with Gasteiger partial charge >= 0.3 is 0 Å². The molecule has 0 saturated heterocycles. The number of aliphatic hydroxyl groups is 1. The normalized spacial score (nSPS) is 15.7. The second-order valence-corrected chi connectivity index (χ2v) is 11.4. The van der Waals surface area contributed by atoms with Gasteiger partial charge in [-0.05, 0) is 54.4 Å². The minimum absolute atomic E-state index is 0.0438. The van der Waals surface area contributed by atoms with Gasteiger partial charge in [-0.3, -0.25) is 14.5 Å². The zero-order chi connectivity index (χ0) is 25.4. The molecule has 1 unspecified atom stereocenters. The number of furan rings is 1. The Morgan fingerprint density at radius 1 is 1.14 bits per heavy atom. The lowest BCUT2D eigenvalue weighted by Crippen LogP contribution is -2.31. The predicted octanol–water partition coefficient (Wildman–Crippen LogP) is 6.93. The number of aryl methyl sites for hydroxylation is 1. The van der Waals surface area contributed by atoms with Crippen molar-refractivity contribution in [3.05, 3.63) is 104 Å². The van der Waals surface area contributed by atoms with Crippen LogP contribution in [0.4, 0.5) is 5.13 Å². The maximum absolute atomic E-state index is 13.4. The lowest BCUT2D eigenvalue weighted by atomic mass is 9.95. The van der Waals surface area contributed by atoms with Gasteiger partial charge in [0.05, 0.1) is 11.6 Å². The van der Waals surface area contributed by atoms with Gasteiger partial charge in [0, 0.05) is 15.2 Å². The topological polar surface area (TPSA) is 96.5 Å². The average molecular weight is 603 g/mol. The molecule has 1 aliphatic heterocycles. The summed E-state index contributed by atoms with van der Waals surface area (Å²) in [6.45, 7) is 1.72. The number of hydrogen-bond donors (Lipinski definition) is 1. The third kappa shape index (κ3) is 4.86. The zero-order valence-electron chi connectivity index (χ0n) is 18.6. The maximum atomic E-state index is 13.4. The van der Waals surface area contributed by atoms with Gasteiger partial charge < -0.3 is 9.52 Å². The molecule has 1 atom stereocenters. The van der Waals surface area contributed by atoms with Crippen molar-refractivity contribution in [3.8, 4) is 0 Å². The predicted molar refractivity (Wildman–Crippen MR) is 143 cm³/mol. The molecule has 1 N–H and O–H groups in total. The first-order valence-electron chi connectivity index (χ1n) is 10.7. The Morgan fingerprint density at radius 2 is 1.86 bits per heavy atom. The van der Waals surface area contributed by atoms with Crippen molar-refractivity contribution in [3.63, 3.8) is 0 Å². The molecule has 5 rings (SSSR count). The fourth-order valence-electron chi connectivity index (χ4n) is 3.77. The third-order valence-electron chi connectivity index (χ3n) is 5.48. The van der Waals surface area contributed by atoms with Gasteiger partial charge in [-0.1, -0.05) is 74.9 Å². The molecule has 11 heteroatoms. The number of aliphatic hydroxyl groups excluding tert-OH is 1. The lowest BCUT2D eigenvalue weighted by Gasteiger charge is -2.23. The van der Waals surface area contributed by atoms with Crippen LogP contribution >= 0.6 is 50.6 Å². The van der Waals surface area contributed by atoms with Crippen LogP contribution in [-0.2, 0) is 10.5 Å². The Labute approximate surface area is 227 Å². The summed E-state index contributed by atoms with van der Waals surface area (Å²) in [6.07, 6.45) is 0. The number of ketones is 1. The highest BCUT2D eigenvalue weighted by atomic mass is 79.9. The molecule has 0 spiro atoms. The Kier molecular flexibility index (Phi) is 7.03. The van der Waals surface area contributed by atoms with Crippen LogP contribution in [0.25, 0.3) is 0 Å². The van der Waals surface area contributed by atoms with E-state index in [4.69, 9.17) is 16.0 Å². The van der Waals surface area contributed by atoms with Crippen LogP contribution in [0, 0.1) is 6.92 Å². The number of benzene rings is 2. The monoisotopic (exact) mass is 601 g/mol. The molecule has 2 aromatic carbocycles. The van der Waals surface area contributed by atoms with Crippen molar-refractivity contribution in [2.75, 3.05) is 4.90 Å². The zero-order valence-corrected chi connectivity index (χ0v) is 22.6. The van der Waals surface area contributed by atoms with Gasteiger partial charge in [-0.25, -0.2) is 0 Å². The van der Waals surface area contributed by atoms with Crippen LogP contribution in [0.2, 0.25) is 5.02 Å². The van der Waals surface area contributed by atoms with E-state index in [1.54, 1.807) is 37.3 Å². The first kappa shape index (κ1) is 24.8. The Hall–Kier alpha value is -2.92. The summed E-state index contributed by atoms with van der Waals surface area (Å²) in [6, 6.07) is 17.0. The number of Topliss-reactive ketones (excluding diaryl/α,β-unsaturated/α-hetero) is 1. The number of hydrogen-bond acceptors (Lipinski definition) is 8. The van der Waals surface area contributed by atoms with Crippen molar-refractivity contribution in [1.29, 1.82) is 0 Å². The molecule has 0 saturated carbocycles. The van der Waals surface area contributed by atoms with E-state index in [9.17, 15) is 14.7 Å². The summed E-state index contributed by atoms with van der Waals surface area (Å²) in [4.78, 5) is 28.0. The maximum Gasteiger partial charge on any atom is 0.296 e. The molecular weight excluding hydrogens is 586 g/mol. The van der Waals surface area contributed by atoms with Crippen LogP contribution in [0.15, 0.2) is 85.2 Å². The molecule has 1 amide bonds. The summed E-state index contributed by atoms with van der Waals surface area (Å²) >= 11 is 12.0. The lowest BCUT2D eigenvalue weighted by molar-refractivity contribution is -0.117.